The molecule has 100 valence electrons. The van der Waals surface area contributed by atoms with Crippen LogP contribution in [0.2, 0.25) is 0 Å². The third-order valence-electron chi connectivity index (χ3n) is 3.09. The quantitative estimate of drug-likeness (QED) is 0.923. The lowest BCUT2D eigenvalue weighted by molar-refractivity contribution is 0.414. The molecule has 1 aromatic carbocycles. The molecular weight excluding hydrogens is 252 g/mol. The normalized spacial score (nSPS) is 14.9. The third kappa shape index (κ3) is 2.49. The number of benzene rings is 1. The van der Waals surface area contributed by atoms with E-state index in [1.165, 1.54) is 12.1 Å². The molecule has 0 amide bonds. The van der Waals surface area contributed by atoms with Gasteiger partial charge in [0.05, 0.1) is 6.54 Å². The maximum Gasteiger partial charge on any atom is 0.263 e. The fraction of sp³-hybridized carbons (Fsp3) is 0.385. The largest absolute Gasteiger partial charge is 0.334 e. The molecule has 0 aliphatic heterocycles. The molecule has 0 saturated heterocycles. The van der Waals surface area contributed by atoms with E-state index in [-0.39, 0.29) is 11.5 Å². The smallest absolute Gasteiger partial charge is 0.263 e. The first-order valence-electron chi connectivity index (χ1n) is 6.16. The highest BCUT2D eigenvalue weighted by molar-refractivity contribution is 5.56. The van der Waals surface area contributed by atoms with E-state index in [9.17, 15) is 8.78 Å². The first-order valence-corrected chi connectivity index (χ1v) is 6.16. The van der Waals surface area contributed by atoms with E-state index in [0.717, 1.165) is 12.8 Å². The minimum Gasteiger partial charge on any atom is -0.334 e. The lowest BCUT2D eigenvalue weighted by Crippen LogP contribution is -2.16. The molecule has 3 rings (SSSR count). The first kappa shape index (κ1) is 12.2. The second kappa shape index (κ2) is 4.70. The van der Waals surface area contributed by atoms with Gasteiger partial charge in [-0.1, -0.05) is 11.2 Å². The summed E-state index contributed by atoms with van der Waals surface area (Å²) in [6.45, 7) is 2.01. The fourth-order valence-electron chi connectivity index (χ4n) is 1.80. The minimum absolute atomic E-state index is 0.119. The molecular formula is C13H13F2N3O. The summed E-state index contributed by atoms with van der Waals surface area (Å²) in [6, 6.07) is 3.08. The van der Waals surface area contributed by atoms with Crippen LogP contribution in [0.4, 0.5) is 8.78 Å². The van der Waals surface area contributed by atoms with E-state index >= 15 is 0 Å². The van der Waals surface area contributed by atoms with Gasteiger partial charge in [-0.3, -0.25) is 0 Å². The summed E-state index contributed by atoms with van der Waals surface area (Å²) in [6.07, 6.45) is 2.29. The Morgan fingerprint density at radius 3 is 2.89 bits per heavy atom. The van der Waals surface area contributed by atoms with Crippen molar-refractivity contribution in [3.63, 3.8) is 0 Å². The van der Waals surface area contributed by atoms with Crippen molar-refractivity contribution in [3.05, 3.63) is 35.2 Å². The molecule has 0 spiro atoms. The van der Waals surface area contributed by atoms with Gasteiger partial charge in [0.2, 0.25) is 0 Å². The first-order chi connectivity index (χ1) is 9.15. The Balaban J connectivity index is 1.87. The summed E-state index contributed by atoms with van der Waals surface area (Å²) < 4.78 is 32.5. The maximum atomic E-state index is 13.9. The molecule has 1 aromatic heterocycles. The fourth-order valence-corrected chi connectivity index (χ4v) is 1.80. The Bertz CT molecular complexity index is 608. The van der Waals surface area contributed by atoms with E-state index in [1.807, 2.05) is 0 Å². The average molecular weight is 265 g/mol. The van der Waals surface area contributed by atoms with Gasteiger partial charge in [-0.05, 0) is 31.4 Å². The highest BCUT2D eigenvalue weighted by Gasteiger charge is 2.23. The number of aromatic nitrogens is 2. The van der Waals surface area contributed by atoms with Crippen molar-refractivity contribution >= 4 is 0 Å². The van der Waals surface area contributed by atoms with E-state index < -0.39 is 11.6 Å². The number of rotatable bonds is 4. The molecule has 0 bridgehead atoms. The summed E-state index contributed by atoms with van der Waals surface area (Å²) in [5.74, 6) is -1.08. The summed E-state index contributed by atoms with van der Waals surface area (Å²) in [7, 11) is 0. The molecule has 6 heteroatoms. The van der Waals surface area contributed by atoms with Gasteiger partial charge in [-0.2, -0.15) is 4.98 Å². The van der Waals surface area contributed by atoms with Crippen molar-refractivity contribution in [2.24, 2.45) is 0 Å². The van der Waals surface area contributed by atoms with Crippen molar-refractivity contribution in [3.8, 4) is 11.5 Å². The predicted octanol–water partition coefficient (Wildman–Crippen LogP) is 2.58. The summed E-state index contributed by atoms with van der Waals surface area (Å²) >= 11 is 0. The molecule has 0 unspecified atom stereocenters. The van der Waals surface area contributed by atoms with Crippen molar-refractivity contribution in [2.45, 2.75) is 32.4 Å². The molecule has 4 nitrogen and oxygen atoms in total. The topological polar surface area (TPSA) is 51.0 Å². The van der Waals surface area contributed by atoms with Crippen molar-refractivity contribution in [1.29, 1.82) is 0 Å². The lowest BCUT2D eigenvalue weighted by Gasteiger charge is -2.02. The van der Waals surface area contributed by atoms with Gasteiger partial charge in [0.1, 0.15) is 17.2 Å². The van der Waals surface area contributed by atoms with Crippen LogP contribution < -0.4 is 5.32 Å². The number of aryl methyl sites for hydroxylation is 1. The monoisotopic (exact) mass is 265 g/mol. The zero-order chi connectivity index (χ0) is 13.4. The Morgan fingerprint density at radius 2 is 2.16 bits per heavy atom. The van der Waals surface area contributed by atoms with Crippen molar-refractivity contribution in [1.82, 2.24) is 15.5 Å². The van der Waals surface area contributed by atoms with Crippen molar-refractivity contribution < 1.29 is 13.3 Å². The highest BCUT2D eigenvalue weighted by Crippen LogP contribution is 2.26. The van der Waals surface area contributed by atoms with Crippen LogP contribution in [-0.2, 0) is 6.54 Å². The van der Waals surface area contributed by atoms with Crippen LogP contribution in [0.3, 0.4) is 0 Å². The van der Waals surface area contributed by atoms with Crippen LogP contribution in [0, 0.1) is 18.6 Å². The molecule has 1 heterocycles. The highest BCUT2D eigenvalue weighted by atomic mass is 19.1. The van der Waals surface area contributed by atoms with Gasteiger partial charge in [-0.15, -0.1) is 0 Å². The zero-order valence-electron chi connectivity index (χ0n) is 10.4. The number of nitrogens with zero attached hydrogens (tertiary/aromatic N) is 2. The number of hydrogen-bond acceptors (Lipinski definition) is 4. The van der Waals surface area contributed by atoms with E-state index in [1.54, 1.807) is 6.92 Å². The molecule has 1 aliphatic rings. The zero-order valence-corrected chi connectivity index (χ0v) is 10.4. The number of hydrogen-bond donors (Lipinski definition) is 1. The van der Waals surface area contributed by atoms with Gasteiger partial charge >= 0.3 is 0 Å². The van der Waals surface area contributed by atoms with Crippen molar-refractivity contribution in [2.75, 3.05) is 0 Å². The molecule has 19 heavy (non-hydrogen) atoms. The van der Waals surface area contributed by atoms with Gasteiger partial charge in [-0.25, -0.2) is 8.78 Å². The van der Waals surface area contributed by atoms with Crippen LogP contribution >= 0.6 is 0 Å². The molecule has 0 radical (unpaired) electrons. The van der Waals surface area contributed by atoms with Crippen LogP contribution in [0.15, 0.2) is 16.7 Å². The Kier molecular flexibility index (Phi) is 3.02. The number of halogens is 2. The Labute approximate surface area is 108 Å². The average Bonchev–Trinajstić information content (AvgIpc) is 3.11. The Hall–Kier alpha value is -1.82. The van der Waals surface area contributed by atoms with Gasteiger partial charge < -0.3 is 9.84 Å². The van der Waals surface area contributed by atoms with E-state index in [4.69, 9.17) is 4.52 Å². The second-order valence-electron chi connectivity index (χ2n) is 4.72. The molecule has 0 atom stereocenters. The molecule has 1 aliphatic carbocycles. The van der Waals surface area contributed by atoms with Crippen LogP contribution in [0.5, 0.6) is 0 Å². The maximum absolute atomic E-state index is 13.9. The van der Waals surface area contributed by atoms with Crippen LogP contribution in [0.25, 0.3) is 11.5 Å². The van der Waals surface area contributed by atoms with E-state index in [0.29, 0.717) is 24.0 Å². The SMILES string of the molecule is Cc1ccc(F)c(-c2nc(CNC3CC3)no2)c1F. The Morgan fingerprint density at radius 1 is 1.37 bits per heavy atom. The minimum atomic E-state index is -0.701. The van der Waals surface area contributed by atoms with Gasteiger partial charge in [0, 0.05) is 6.04 Å². The summed E-state index contributed by atoms with van der Waals surface area (Å²) in [5, 5.41) is 6.93. The standard InChI is InChI=1S/C13H13F2N3O/c1-7-2-5-9(14)11(12(7)15)13-17-10(18-19-13)6-16-8-3-4-8/h2,5,8,16H,3-4,6H2,1H3. The molecule has 1 fully saturated rings. The van der Waals surface area contributed by atoms with Crippen LogP contribution in [0.1, 0.15) is 24.2 Å². The van der Waals surface area contributed by atoms with Gasteiger partial charge in [0.25, 0.3) is 5.89 Å². The van der Waals surface area contributed by atoms with E-state index in [2.05, 4.69) is 15.5 Å². The van der Waals surface area contributed by atoms with Gasteiger partial charge in [0.15, 0.2) is 5.82 Å². The number of nitrogens with one attached hydrogen (secondary N) is 1. The van der Waals surface area contributed by atoms with Crippen LogP contribution in [-0.4, -0.2) is 16.2 Å². The summed E-state index contributed by atoms with van der Waals surface area (Å²) in [4.78, 5) is 4.02. The molecule has 1 saturated carbocycles. The lowest BCUT2D eigenvalue weighted by atomic mass is 10.1. The summed E-state index contributed by atoms with van der Waals surface area (Å²) in [5.41, 5.74) is 0.0810. The second-order valence-corrected chi connectivity index (χ2v) is 4.72. The molecule has 2 aromatic rings. The third-order valence-corrected chi connectivity index (χ3v) is 3.09. The molecule has 1 N–H and O–H groups in total. The predicted molar refractivity (Wildman–Crippen MR) is 64.2 cm³/mol.